The van der Waals surface area contributed by atoms with Gasteiger partial charge in [-0.1, -0.05) is 29.1 Å². The Morgan fingerprint density at radius 3 is 2.72 bits per heavy atom. The summed E-state index contributed by atoms with van der Waals surface area (Å²) < 4.78 is 16.0. The van der Waals surface area contributed by atoms with Crippen LogP contribution in [0.15, 0.2) is 62.7 Å². The van der Waals surface area contributed by atoms with Crippen molar-refractivity contribution in [2.75, 3.05) is 7.11 Å². The maximum Gasteiger partial charge on any atom is 0.277 e. The van der Waals surface area contributed by atoms with Crippen molar-refractivity contribution in [1.29, 1.82) is 0 Å². The Balaban J connectivity index is 1.42. The van der Waals surface area contributed by atoms with Gasteiger partial charge in [0.2, 0.25) is 17.6 Å². The van der Waals surface area contributed by atoms with Crippen molar-refractivity contribution in [2.45, 2.75) is 11.0 Å². The maximum atomic E-state index is 10.9. The van der Waals surface area contributed by atoms with Crippen LogP contribution in [0.3, 0.4) is 0 Å². The minimum atomic E-state index is -0.476. The van der Waals surface area contributed by atoms with Gasteiger partial charge in [0.25, 0.3) is 10.9 Å². The molecule has 0 amide bonds. The van der Waals surface area contributed by atoms with Gasteiger partial charge < -0.3 is 13.7 Å². The molecule has 2 heterocycles. The topological polar surface area (TPSA) is 130 Å². The summed E-state index contributed by atoms with van der Waals surface area (Å²) in [5, 5.41) is 23.1. The van der Waals surface area contributed by atoms with Crippen LogP contribution in [0.2, 0.25) is 0 Å². The monoisotopic (exact) mass is 411 g/mol. The molecule has 0 fully saturated rings. The van der Waals surface area contributed by atoms with E-state index in [9.17, 15) is 10.1 Å². The highest BCUT2D eigenvalue weighted by Gasteiger charge is 2.15. The number of ether oxygens (including phenoxy) is 1. The van der Waals surface area contributed by atoms with E-state index in [-0.39, 0.29) is 11.5 Å². The van der Waals surface area contributed by atoms with Crippen LogP contribution >= 0.6 is 11.8 Å². The van der Waals surface area contributed by atoms with E-state index >= 15 is 0 Å². The zero-order chi connectivity index (χ0) is 20.2. The molecule has 0 aliphatic heterocycles. The fraction of sp³-hybridized carbons (Fsp3) is 0.111. The van der Waals surface area contributed by atoms with E-state index in [1.165, 1.54) is 23.9 Å². The number of rotatable bonds is 7. The SMILES string of the molecule is COc1ccc(-c2nnc(SCc3nc(-c4cccc([N+](=O)[O-])c4)no3)o2)cc1. The zero-order valence-corrected chi connectivity index (χ0v) is 15.8. The van der Waals surface area contributed by atoms with Crippen molar-refractivity contribution in [2.24, 2.45) is 0 Å². The molecule has 0 saturated carbocycles. The summed E-state index contributed by atoms with van der Waals surface area (Å²) in [4.78, 5) is 14.7. The van der Waals surface area contributed by atoms with Crippen molar-refractivity contribution >= 4 is 17.4 Å². The molecular weight excluding hydrogens is 398 g/mol. The number of non-ortho nitro benzene ring substituents is 1. The third-order valence-corrected chi connectivity index (χ3v) is 4.65. The largest absolute Gasteiger partial charge is 0.497 e. The Morgan fingerprint density at radius 1 is 1.14 bits per heavy atom. The minimum absolute atomic E-state index is 0.0415. The number of hydrogen-bond acceptors (Lipinski definition) is 10. The van der Waals surface area contributed by atoms with Crippen molar-refractivity contribution < 1.29 is 18.6 Å². The summed E-state index contributed by atoms with van der Waals surface area (Å²) in [7, 11) is 1.60. The molecule has 0 radical (unpaired) electrons. The Bertz CT molecular complexity index is 1140. The van der Waals surface area contributed by atoms with Crippen LogP contribution in [-0.4, -0.2) is 32.4 Å². The van der Waals surface area contributed by atoms with Gasteiger partial charge in [0.1, 0.15) is 5.75 Å². The first-order valence-corrected chi connectivity index (χ1v) is 9.29. The smallest absolute Gasteiger partial charge is 0.277 e. The zero-order valence-electron chi connectivity index (χ0n) is 15.0. The van der Waals surface area contributed by atoms with Crippen LogP contribution in [-0.2, 0) is 5.75 Å². The standard InChI is InChI=1S/C18H13N5O5S/c1-26-14-7-5-11(6-8-14)17-20-21-18(27-17)29-10-15-19-16(22-28-15)12-3-2-4-13(9-12)23(24)25/h2-9H,10H2,1H3. The Hall–Kier alpha value is -3.73. The highest BCUT2D eigenvalue weighted by Crippen LogP contribution is 2.27. The normalized spacial score (nSPS) is 10.8. The predicted molar refractivity (Wildman–Crippen MR) is 102 cm³/mol. The Labute approximate surface area is 168 Å². The average molecular weight is 411 g/mol. The number of methoxy groups -OCH3 is 1. The van der Waals surface area contributed by atoms with E-state index < -0.39 is 4.92 Å². The van der Waals surface area contributed by atoms with Gasteiger partial charge in [0.15, 0.2) is 0 Å². The molecular formula is C18H13N5O5S. The van der Waals surface area contributed by atoms with Gasteiger partial charge in [-0.2, -0.15) is 4.98 Å². The van der Waals surface area contributed by atoms with Crippen molar-refractivity contribution in [1.82, 2.24) is 20.3 Å². The Kier molecular flexibility index (Phi) is 5.20. The van der Waals surface area contributed by atoms with Crippen LogP contribution in [0.4, 0.5) is 5.69 Å². The first-order chi connectivity index (χ1) is 14.1. The summed E-state index contributed by atoms with van der Waals surface area (Å²) in [5.74, 6) is 2.04. The van der Waals surface area contributed by atoms with E-state index in [0.29, 0.717) is 28.3 Å². The van der Waals surface area contributed by atoms with Crippen molar-refractivity contribution in [3.8, 4) is 28.6 Å². The lowest BCUT2D eigenvalue weighted by molar-refractivity contribution is -0.384. The lowest BCUT2D eigenvalue weighted by Gasteiger charge is -1.99. The first-order valence-electron chi connectivity index (χ1n) is 8.30. The first kappa shape index (κ1) is 18.6. The second kappa shape index (κ2) is 8.10. The molecule has 10 nitrogen and oxygen atoms in total. The molecule has 0 atom stereocenters. The quantitative estimate of drug-likeness (QED) is 0.250. The number of thioether (sulfide) groups is 1. The van der Waals surface area contributed by atoms with Gasteiger partial charge >= 0.3 is 0 Å². The van der Waals surface area contributed by atoms with Gasteiger partial charge in [-0.25, -0.2) is 0 Å². The highest BCUT2D eigenvalue weighted by atomic mass is 32.2. The van der Waals surface area contributed by atoms with Crippen LogP contribution in [0.5, 0.6) is 5.75 Å². The molecule has 0 unspecified atom stereocenters. The molecule has 11 heteroatoms. The van der Waals surface area contributed by atoms with Crippen LogP contribution < -0.4 is 4.74 Å². The molecule has 2 aromatic carbocycles. The van der Waals surface area contributed by atoms with Gasteiger partial charge in [0, 0.05) is 23.3 Å². The lowest BCUT2D eigenvalue weighted by atomic mass is 10.2. The third kappa shape index (κ3) is 4.24. The second-order valence-corrected chi connectivity index (χ2v) is 6.64. The van der Waals surface area contributed by atoms with Gasteiger partial charge in [-0.05, 0) is 24.3 Å². The molecule has 4 aromatic rings. The highest BCUT2D eigenvalue weighted by molar-refractivity contribution is 7.98. The number of hydrogen-bond donors (Lipinski definition) is 0. The predicted octanol–water partition coefficient (Wildman–Crippen LogP) is 4.00. The van der Waals surface area contributed by atoms with Crippen molar-refractivity contribution in [3.63, 3.8) is 0 Å². The maximum absolute atomic E-state index is 10.9. The van der Waals surface area contributed by atoms with E-state index in [4.69, 9.17) is 13.7 Å². The summed E-state index contributed by atoms with van der Waals surface area (Å²) >= 11 is 1.24. The summed E-state index contributed by atoms with van der Waals surface area (Å²) in [5.41, 5.74) is 1.23. The van der Waals surface area contributed by atoms with Gasteiger partial charge in [0.05, 0.1) is 17.8 Å². The molecule has 0 aliphatic carbocycles. The summed E-state index contributed by atoms with van der Waals surface area (Å²) in [6, 6.07) is 13.3. The minimum Gasteiger partial charge on any atom is -0.497 e. The number of nitro benzene ring substituents is 1. The number of aromatic nitrogens is 4. The fourth-order valence-electron chi connectivity index (χ4n) is 2.43. The van der Waals surface area contributed by atoms with Gasteiger partial charge in [-0.3, -0.25) is 10.1 Å². The summed E-state index contributed by atoms with van der Waals surface area (Å²) in [6.45, 7) is 0. The molecule has 29 heavy (non-hydrogen) atoms. The average Bonchev–Trinajstić information content (AvgIpc) is 3.42. The van der Waals surface area contributed by atoms with Crippen LogP contribution in [0.1, 0.15) is 5.89 Å². The second-order valence-electron chi connectivity index (χ2n) is 5.71. The molecule has 0 spiro atoms. The van der Waals surface area contributed by atoms with E-state index in [1.54, 1.807) is 31.4 Å². The van der Waals surface area contributed by atoms with E-state index in [0.717, 1.165) is 11.3 Å². The molecule has 0 bridgehead atoms. The molecule has 0 aliphatic rings. The summed E-state index contributed by atoms with van der Waals surface area (Å²) in [6.07, 6.45) is 0. The molecule has 146 valence electrons. The van der Waals surface area contributed by atoms with Gasteiger partial charge in [-0.15, -0.1) is 10.2 Å². The Morgan fingerprint density at radius 2 is 1.97 bits per heavy atom. The van der Waals surface area contributed by atoms with Crippen molar-refractivity contribution in [3.05, 3.63) is 64.5 Å². The van der Waals surface area contributed by atoms with E-state index in [1.807, 2.05) is 12.1 Å². The number of nitro groups is 1. The number of benzene rings is 2. The lowest BCUT2D eigenvalue weighted by Crippen LogP contribution is -1.89. The number of nitrogens with zero attached hydrogens (tertiary/aromatic N) is 5. The van der Waals surface area contributed by atoms with E-state index in [2.05, 4.69) is 20.3 Å². The van der Waals surface area contributed by atoms with Crippen LogP contribution in [0.25, 0.3) is 22.8 Å². The van der Waals surface area contributed by atoms with Crippen LogP contribution in [0, 0.1) is 10.1 Å². The molecule has 0 saturated heterocycles. The molecule has 0 N–H and O–H groups in total. The molecule has 2 aromatic heterocycles. The third-order valence-electron chi connectivity index (χ3n) is 3.85. The fourth-order valence-corrected chi connectivity index (χ4v) is 3.03. The molecule has 4 rings (SSSR count).